The Hall–Kier alpha value is -9.02. The number of rotatable bonds is 9. The Balaban J connectivity index is 0.786. The molecule has 73 heavy (non-hydrogen) atoms. The molecule has 14 rings (SSSR count). The first-order valence-corrected chi connectivity index (χ1v) is 26.1. The van der Waals surface area contributed by atoms with Gasteiger partial charge in [-0.15, -0.1) is 11.3 Å². The van der Waals surface area contributed by atoms with Gasteiger partial charge in [-0.05, 0) is 134 Å². The minimum atomic E-state index is 0.113. The van der Waals surface area contributed by atoms with Crippen molar-refractivity contribution < 1.29 is 0 Å². The van der Waals surface area contributed by atoms with Crippen LogP contribution in [0.5, 0.6) is 0 Å². The minimum Gasteiger partial charge on any atom is -0.334 e. The Bertz CT molecular complexity index is 4230. The first-order valence-electron chi connectivity index (χ1n) is 25.2. The van der Waals surface area contributed by atoms with E-state index < -0.39 is 0 Å². The lowest BCUT2D eigenvalue weighted by atomic mass is 9.92. The van der Waals surface area contributed by atoms with Crippen molar-refractivity contribution in [2.75, 3.05) is 4.90 Å². The summed E-state index contributed by atoms with van der Waals surface area (Å²) in [5, 5.41) is 7.71. The third-order valence-corrected chi connectivity index (χ3v) is 16.1. The highest BCUT2D eigenvalue weighted by atomic mass is 32.1. The minimum absolute atomic E-state index is 0.113. The van der Waals surface area contributed by atoms with Gasteiger partial charge in [-0.3, -0.25) is 0 Å². The molecule has 0 N–H and O–H groups in total. The summed E-state index contributed by atoms with van der Waals surface area (Å²) in [5.41, 5.74) is 18.1. The van der Waals surface area contributed by atoms with Crippen molar-refractivity contribution in [2.45, 2.75) is 12.5 Å². The van der Waals surface area contributed by atoms with E-state index in [0.29, 0.717) is 0 Å². The van der Waals surface area contributed by atoms with Crippen molar-refractivity contribution in [3.05, 3.63) is 279 Å². The number of hydrogen-bond donors (Lipinski definition) is 0. The Kier molecular flexibility index (Phi) is 10.6. The lowest BCUT2D eigenvalue weighted by Gasteiger charge is -2.33. The summed E-state index contributed by atoms with van der Waals surface area (Å²) in [6, 6.07) is 93.7. The second-order valence-corrected chi connectivity index (χ2v) is 20.3. The van der Waals surface area contributed by atoms with Crippen molar-refractivity contribution in [1.29, 1.82) is 0 Å². The van der Waals surface area contributed by atoms with E-state index in [1.54, 1.807) is 0 Å². The molecule has 0 fully saturated rings. The van der Waals surface area contributed by atoms with Crippen LogP contribution in [0.15, 0.2) is 273 Å². The molecule has 0 bridgehead atoms. The van der Waals surface area contributed by atoms with Gasteiger partial charge in [-0.1, -0.05) is 206 Å². The van der Waals surface area contributed by atoms with Crippen LogP contribution in [-0.4, -0.2) is 10.6 Å². The number of benzene rings is 11. The highest BCUT2D eigenvalue weighted by Crippen LogP contribution is 2.42. The number of nitrogens with zero attached hydrogens (tertiary/aromatic N) is 2. The fourth-order valence-electron chi connectivity index (χ4n) is 11.4. The Morgan fingerprint density at radius 2 is 0.918 bits per heavy atom. The van der Waals surface area contributed by atoms with Crippen LogP contribution >= 0.6 is 11.3 Å². The van der Waals surface area contributed by atoms with Gasteiger partial charge in [0.15, 0.2) is 0 Å². The smallest absolute Gasteiger partial charge is 0.0560 e. The van der Waals surface area contributed by atoms with E-state index in [1.807, 2.05) is 11.3 Å². The fourth-order valence-corrected chi connectivity index (χ4v) is 12.5. The molecule has 1 atom stereocenters. The molecule has 2 aromatic heterocycles. The molecule has 1 aliphatic rings. The molecule has 0 spiro atoms. The second-order valence-electron chi connectivity index (χ2n) is 19.2. The molecule has 2 nitrogen and oxygen atoms in total. The van der Waals surface area contributed by atoms with Crippen LogP contribution < -0.4 is 4.90 Å². The van der Waals surface area contributed by atoms with Crippen molar-refractivity contribution in [3.8, 4) is 50.2 Å². The zero-order chi connectivity index (χ0) is 48.2. The van der Waals surface area contributed by atoms with Crippen LogP contribution in [0.3, 0.4) is 0 Å². The zero-order valence-electron chi connectivity index (χ0n) is 40.1. The number of para-hydroxylation sites is 3. The maximum atomic E-state index is 2.51. The van der Waals surface area contributed by atoms with Crippen LogP contribution in [0.1, 0.15) is 12.0 Å². The van der Waals surface area contributed by atoms with E-state index in [4.69, 9.17) is 0 Å². The number of allylic oxidation sites excluding steroid dienone is 2. The first kappa shape index (κ1) is 42.8. The van der Waals surface area contributed by atoms with Gasteiger partial charge in [0.05, 0.1) is 22.8 Å². The van der Waals surface area contributed by atoms with Crippen LogP contribution in [0.2, 0.25) is 0 Å². The van der Waals surface area contributed by atoms with Crippen LogP contribution in [-0.2, 0) is 0 Å². The molecule has 344 valence electrons. The molecule has 0 saturated heterocycles. The Morgan fingerprint density at radius 3 is 1.66 bits per heavy atom. The molecule has 0 aliphatic heterocycles. The van der Waals surface area contributed by atoms with Gasteiger partial charge < -0.3 is 9.47 Å². The van der Waals surface area contributed by atoms with Gasteiger partial charge in [0.2, 0.25) is 0 Å². The van der Waals surface area contributed by atoms with E-state index >= 15 is 0 Å². The number of hydrogen-bond acceptors (Lipinski definition) is 2. The van der Waals surface area contributed by atoms with Gasteiger partial charge >= 0.3 is 0 Å². The molecule has 11 aromatic carbocycles. The summed E-state index contributed by atoms with van der Waals surface area (Å²) in [5.74, 6) is 0. The van der Waals surface area contributed by atoms with Crippen LogP contribution in [0.25, 0.3) is 109 Å². The SMILES string of the molecule is C1=CC(N(c2ccc(-c3ccc(-c4ccccc4-n4c5ccccc5c5ccccc54)cc3)cc2)c2ccc(-c3cccc4sc5ccccc5c34)cc2)CC=C1c1cccc(-c2ccc3ccccc3c2)c1. The number of aromatic nitrogens is 1. The van der Waals surface area contributed by atoms with Crippen LogP contribution in [0.4, 0.5) is 11.4 Å². The molecule has 2 heterocycles. The molecular weight excluding hydrogens is 901 g/mol. The summed E-state index contributed by atoms with van der Waals surface area (Å²) in [6.07, 6.45) is 8.01. The largest absolute Gasteiger partial charge is 0.334 e. The number of anilines is 2. The van der Waals surface area contributed by atoms with Crippen molar-refractivity contribution >= 4 is 81.0 Å². The topological polar surface area (TPSA) is 8.17 Å². The Labute approximate surface area is 429 Å². The monoisotopic (exact) mass is 948 g/mol. The molecule has 0 saturated carbocycles. The third kappa shape index (κ3) is 7.65. The maximum absolute atomic E-state index is 2.51. The summed E-state index contributed by atoms with van der Waals surface area (Å²) in [6.45, 7) is 0. The van der Waals surface area contributed by atoms with Crippen molar-refractivity contribution in [2.24, 2.45) is 0 Å². The average molecular weight is 949 g/mol. The molecule has 1 aliphatic carbocycles. The zero-order valence-corrected chi connectivity index (χ0v) is 40.9. The third-order valence-electron chi connectivity index (χ3n) is 14.9. The van der Waals surface area contributed by atoms with E-state index in [9.17, 15) is 0 Å². The summed E-state index contributed by atoms with van der Waals surface area (Å²) in [4.78, 5) is 2.51. The fraction of sp³-hybridized carbons (Fsp3) is 0.0286. The van der Waals surface area contributed by atoms with Crippen molar-refractivity contribution in [3.63, 3.8) is 0 Å². The Morgan fingerprint density at radius 1 is 0.384 bits per heavy atom. The average Bonchev–Trinajstić information content (AvgIpc) is 4.02. The predicted octanol–water partition coefficient (Wildman–Crippen LogP) is 19.5. The molecule has 1 unspecified atom stereocenters. The van der Waals surface area contributed by atoms with Gasteiger partial charge in [0, 0.05) is 47.9 Å². The van der Waals surface area contributed by atoms with Crippen molar-refractivity contribution in [1.82, 2.24) is 4.57 Å². The van der Waals surface area contributed by atoms with E-state index in [2.05, 4.69) is 282 Å². The lowest BCUT2D eigenvalue weighted by Crippen LogP contribution is -2.30. The van der Waals surface area contributed by atoms with E-state index in [-0.39, 0.29) is 6.04 Å². The first-order chi connectivity index (χ1) is 36.2. The molecule has 13 aromatic rings. The summed E-state index contributed by atoms with van der Waals surface area (Å²) >= 11 is 1.87. The normalized spacial score (nSPS) is 13.6. The predicted molar refractivity (Wildman–Crippen MR) is 313 cm³/mol. The molecule has 0 amide bonds. The quantitative estimate of drug-likeness (QED) is 0.140. The van der Waals surface area contributed by atoms with Gasteiger partial charge in [0.1, 0.15) is 0 Å². The summed E-state index contributed by atoms with van der Waals surface area (Å²) < 4.78 is 5.06. The van der Waals surface area contributed by atoms with Gasteiger partial charge in [-0.2, -0.15) is 0 Å². The molecule has 3 heteroatoms. The van der Waals surface area contributed by atoms with Crippen LogP contribution in [0, 0.1) is 0 Å². The number of fused-ring (bicyclic) bond motifs is 7. The second kappa shape index (κ2) is 18.0. The standard InChI is InChI=1S/C70H48N2S/c1-2-14-53-46-56(32-29-47(53)13-1)55-16-11-15-54(45-55)50-35-41-58(42-36-50)71(59-43-37-52(38-44-59)61-21-12-26-69-70(61)64-20-6-10-25-68(64)73-69)57-39-33-49(34-40-57)48-27-30-51(31-28-48)60-17-3-7-22-65(60)72-66-23-8-4-18-62(66)63-19-5-9-24-67(63)72/h1-41,43-46,58H,42H2. The highest BCUT2D eigenvalue weighted by Gasteiger charge is 2.22. The lowest BCUT2D eigenvalue weighted by molar-refractivity contribution is 0.787. The molecule has 0 radical (unpaired) electrons. The van der Waals surface area contributed by atoms with E-state index in [0.717, 1.165) is 17.8 Å². The highest BCUT2D eigenvalue weighted by molar-refractivity contribution is 7.25. The van der Waals surface area contributed by atoms with Gasteiger partial charge in [0.25, 0.3) is 0 Å². The maximum Gasteiger partial charge on any atom is 0.0560 e. The number of thiophene rings is 1. The summed E-state index contributed by atoms with van der Waals surface area (Å²) in [7, 11) is 0. The van der Waals surface area contributed by atoms with E-state index in [1.165, 1.54) is 114 Å². The molecular formula is C70H48N2S. The van der Waals surface area contributed by atoms with Gasteiger partial charge in [-0.25, -0.2) is 0 Å².